The highest BCUT2D eigenvalue weighted by molar-refractivity contribution is 7.98. The van der Waals surface area contributed by atoms with E-state index in [1.54, 1.807) is 27.8 Å². The Morgan fingerprint density at radius 2 is 2.04 bits per heavy atom. The molecule has 4 rings (SSSR count). The van der Waals surface area contributed by atoms with Gasteiger partial charge in [-0.2, -0.15) is 20.6 Å². The average Bonchev–Trinajstić information content (AvgIpc) is 3.39. The molecule has 142 valence electrons. The molecule has 0 aliphatic carbocycles. The summed E-state index contributed by atoms with van der Waals surface area (Å²) in [5, 5.41) is 8.61. The second kappa shape index (κ2) is 8.09. The standard InChI is InChI=1S/C17H18N4O3S3/c22-27(23,21-7-2-1-3-8-21)14-4-5-16(18-10-14)26-12-15-19-17(20-24-15)13-6-9-25-11-13/h4-6,9-11H,1-3,7-8,12H2. The van der Waals surface area contributed by atoms with Gasteiger partial charge < -0.3 is 4.52 Å². The summed E-state index contributed by atoms with van der Waals surface area (Å²) in [6.07, 6.45) is 4.34. The molecular weight excluding hydrogens is 404 g/mol. The number of hydrogen-bond donors (Lipinski definition) is 0. The molecule has 0 N–H and O–H groups in total. The molecule has 0 spiro atoms. The third kappa shape index (κ3) is 4.23. The Labute approximate surface area is 165 Å². The molecule has 0 amide bonds. The molecule has 0 aromatic carbocycles. The van der Waals surface area contributed by atoms with Crippen LogP contribution in [-0.4, -0.2) is 40.9 Å². The monoisotopic (exact) mass is 422 g/mol. The number of aromatic nitrogens is 3. The maximum Gasteiger partial charge on any atom is 0.244 e. The molecule has 3 aromatic rings. The number of hydrogen-bond acceptors (Lipinski definition) is 8. The van der Waals surface area contributed by atoms with Crippen molar-refractivity contribution in [1.29, 1.82) is 0 Å². The lowest BCUT2D eigenvalue weighted by molar-refractivity contribution is 0.346. The lowest BCUT2D eigenvalue weighted by atomic mass is 10.2. The van der Waals surface area contributed by atoms with Crippen molar-refractivity contribution in [3.63, 3.8) is 0 Å². The van der Waals surface area contributed by atoms with Gasteiger partial charge in [0.05, 0.1) is 10.8 Å². The van der Waals surface area contributed by atoms with Crippen LogP contribution in [0.15, 0.2) is 49.6 Å². The van der Waals surface area contributed by atoms with Crippen LogP contribution in [0.3, 0.4) is 0 Å². The van der Waals surface area contributed by atoms with Crippen LogP contribution >= 0.6 is 23.1 Å². The Morgan fingerprint density at radius 3 is 2.74 bits per heavy atom. The van der Waals surface area contributed by atoms with Gasteiger partial charge in [0.2, 0.25) is 21.7 Å². The summed E-state index contributed by atoms with van der Waals surface area (Å²) in [6.45, 7) is 1.17. The van der Waals surface area contributed by atoms with E-state index in [9.17, 15) is 8.42 Å². The van der Waals surface area contributed by atoms with Crippen LogP contribution in [-0.2, 0) is 15.8 Å². The number of pyridine rings is 1. The van der Waals surface area contributed by atoms with Gasteiger partial charge in [0.15, 0.2) is 0 Å². The molecule has 0 unspecified atom stereocenters. The maximum atomic E-state index is 12.6. The summed E-state index contributed by atoms with van der Waals surface area (Å²) in [5.41, 5.74) is 0.936. The van der Waals surface area contributed by atoms with Crippen LogP contribution in [0.5, 0.6) is 0 Å². The molecule has 1 saturated heterocycles. The zero-order valence-electron chi connectivity index (χ0n) is 14.4. The number of piperidine rings is 1. The van der Waals surface area contributed by atoms with E-state index in [1.165, 1.54) is 18.0 Å². The molecule has 0 radical (unpaired) electrons. The van der Waals surface area contributed by atoms with Crippen molar-refractivity contribution in [3.8, 4) is 11.4 Å². The average molecular weight is 423 g/mol. The van der Waals surface area contributed by atoms with Crippen molar-refractivity contribution >= 4 is 33.1 Å². The molecule has 0 atom stereocenters. The van der Waals surface area contributed by atoms with Gasteiger partial charge in [0.1, 0.15) is 4.90 Å². The lowest BCUT2D eigenvalue weighted by Crippen LogP contribution is -2.35. The summed E-state index contributed by atoms with van der Waals surface area (Å²) in [7, 11) is -3.45. The summed E-state index contributed by atoms with van der Waals surface area (Å²) in [6, 6.07) is 5.27. The Balaban J connectivity index is 1.39. The third-order valence-electron chi connectivity index (χ3n) is 4.25. The molecule has 0 bridgehead atoms. The second-order valence-corrected chi connectivity index (χ2v) is 9.82. The predicted molar refractivity (Wildman–Crippen MR) is 104 cm³/mol. The highest BCUT2D eigenvalue weighted by Gasteiger charge is 2.26. The Kier molecular flexibility index (Phi) is 5.58. The van der Waals surface area contributed by atoms with Crippen LogP contribution in [0.25, 0.3) is 11.4 Å². The lowest BCUT2D eigenvalue weighted by Gasteiger charge is -2.25. The maximum absolute atomic E-state index is 12.6. The zero-order valence-corrected chi connectivity index (χ0v) is 16.9. The summed E-state index contributed by atoms with van der Waals surface area (Å²) in [5.74, 6) is 1.55. The molecule has 3 aromatic heterocycles. The van der Waals surface area contributed by atoms with Crippen LogP contribution in [0, 0.1) is 0 Å². The van der Waals surface area contributed by atoms with E-state index < -0.39 is 10.0 Å². The van der Waals surface area contributed by atoms with Gasteiger partial charge in [-0.25, -0.2) is 13.4 Å². The fourth-order valence-electron chi connectivity index (χ4n) is 2.82. The molecule has 1 aliphatic heterocycles. The summed E-state index contributed by atoms with van der Waals surface area (Å²) in [4.78, 5) is 8.89. The molecule has 0 saturated carbocycles. The van der Waals surface area contributed by atoms with E-state index in [0.717, 1.165) is 24.8 Å². The number of rotatable bonds is 6. The highest BCUT2D eigenvalue weighted by atomic mass is 32.2. The van der Waals surface area contributed by atoms with Crippen molar-refractivity contribution in [2.45, 2.75) is 34.9 Å². The van der Waals surface area contributed by atoms with E-state index in [0.29, 0.717) is 35.6 Å². The predicted octanol–water partition coefficient (Wildman–Crippen LogP) is 3.66. The smallest absolute Gasteiger partial charge is 0.244 e. The van der Waals surface area contributed by atoms with Crippen molar-refractivity contribution in [2.24, 2.45) is 0 Å². The van der Waals surface area contributed by atoms with E-state index >= 15 is 0 Å². The first-order valence-electron chi connectivity index (χ1n) is 8.57. The minimum Gasteiger partial charge on any atom is -0.338 e. The van der Waals surface area contributed by atoms with Crippen LogP contribution in [0.4, 0.5) is 0 Å². The molecule has 10 heteroatoms. The topological polar surface area (TPSA) is 89.2 Å². The first-order chi connectivity index (χ1) is 13.1. The van der Waals surface area contributed by atoms with Gasteiger partial charge in [-0.3, -0.25) is 0 Å². The minimum atomic E-state index is -3.45. The normalized spacial score (nSPS) is 15.9. The molecule has 4 heterocycles. The molecule has 1 fully saturated rings. The Hall–Kier alpha value is -1.75. The summed E-state index contributed by atoms with van der Waals surface area (Å²) < 4.78 is 32.1. The molecule has 7 nitrogen and oxygen atoms in total. The zero-order chi connectivity index (χ0) is 18.7. The largest absolute Gasteiger partial charge is 0.338 e. The highest BCUT2D eigenvalue weighted by Crippen LogP contribution is 2.25. The second-order valence-electron chi connectivity index (χ2n) is 6.11. The van der Waals surface area contributed by atoms with Gasteiger partial charge in [-0.05, 0) is 36.4 Å². The number of thioether (sulfide) groups is 1. The van der Waals surface area contributed by atoms with E-state index in [2.05, 4.69) is 15.1 Å². The Morgan fingerprint density at radius 1 is 1.19 bits per heavy atom. The van der Waals surface area contributed by atoms with Crippen LogP contribution in [0.1, 0.15) is 25.2 Å². The fourth-order valence-corrected chi connectivity index (χ4v) is 5.59. The van der Waals surface area contributed by atoms with Crippen molar-refractivity contribution in [2.75, 3.05) is 13.1 Å². The fraction of sp³-hybridized carbons (Fsp3) is 0.353. The van der Waals surface area contributed by atoms with Gasteiger partial charge >= 0.3 is 0 Å². The number of sulfonamides is 1. The van der Waals surface area contributed by atoms with E-state index in [4.69, 9.17) is 4.52 Å². The molecular formula is C17H18N4O3S3. The Bertz CT molecular complexity index is 979. The molecule has 27 heavy (non-hydrogen) atoms. The van der Waals surface area contributed by atoms with Crippen LogP contribution < -0.4 is 0 Å². The van der Waals surface area contributed by atoms with Crippen molar-refractivity contribution in [1.82, 2.24) is 19.4 Å². The quantitative estimate of drug-likeness (QED) is 0.560. The van der Waals surface area contributed by atoms with Gasteiger partial charge in [0, 0.05) is 30.2 Å². The van der Waals surface area contributed by atoms with Gasteiger partial charge in [0.25, 0.3) is 0 Å². The van der Waals surface area contributed by atoms with Crippen molar-refractivity contribution in [3.05, 3.63) is 41.0 Å². The van der Waals surface area contributed by atoms with Crippen LogP contribution in [0.2, 0.25) is 0 Å². The van der Waals surface area contributed by atoms with Gasteiger partial charge in [-0.15, -0.1) is 0 Å². The minimum absolute atomic E-state index is 0.242. The van der Waals surface area contributed by atoms with E-state index in [1.807, 2.05) is 16.8 Å². The molecule has 1 aliphatic rings. The van der Waals surface area contributed by atoms with Crippen molar-refractivity contribution < 1.29 is 12.9 Å². The third-order valence-corrected chi connectivity index (χ3v) is 7.75. The SMILES string of the molecule is O=S(=O)(c1ccc(SCc2nc(-c3ccsc3)no2)nc1)N1CCCCC1. The summed E-state index contributed by atoms with van der Waals surface area (Å²) >= 11 is 3.00. The number of thiophene rings is 1. The first kappa shape index (κ1) is 18.6. The first-order valence-corrected chi connectivity index (χ1v) is 11.9. The number of nitrogens with zero attached hydrogens (tertiary/aromatic N) is 4. The van der Waals surface area contributed by atoms with Gasteiger partial charge in [-0.1, -0.05) is 23.3 Å². The van der Waals surface area contributed by atoms with E-state index in [-0.39, 0.29) is 4.90 Å².